The molecule has 1 heterocycles. The Hall–Kier alpha value is -2.03. The van der Waals surface area contributed by atoms with E-state index in [9.17, 15) is 13.2 Å². The lowest BCUT2D eigenvalue weighted by molar-refractivity contribution is 0.0989. The first-order valence-electron chi connectivity index (χ1n) is 9.35. The molecule has 0 saturated carbocycles. The average Bonchev–Trinajstić information content (AvgIpc) is 3.08. The second-order valence-corrected chi connectivity index (χ2v) is 9.86. The molecule has 28 heavy (non-hydrogen) atoms. The molecule has 6 nitrogen and oxygen atoms in total. The fourth-order valence-electron chi connectivity index (χ4n) is 3.16. The Morgan fingerprint density at radius 2 is 2.11 bits per heavy atom. The largest absolute Gasteiger partial charge is 0.280 e. The van der Waals surface area contributed by atoms with Crippen molar-refractivity contribution in [2.75, 3.05) is 11.4 Å². The number of nitrogens with zero attached hydrogens (tertiary/aromatic N) is 2. The van der Waals surface area contributed by atoms with Crippen LogP contribution in [0.2, 0.25) is 0 Å². The number of sulfonamides is 1. The topological polar surface area (TPSA) is 79.4 Å². The van der Waals surface area contributed by atoms with Crippen LogP contribution >= 0.6 is 11.3 Å². The number of benzene rings is 1. The molecule has 3 rings (SSSR count). The molecule has 0 atom stereocenters. The second-order valence-electron chi connectivity index (χ2n) is 7.08. The van der Waals surface area contributed by atoms with Crippen LogP contribution in [0.3, 0.4) is 0 Å². The van der Waals surface area contributed by atoms with E-state index in [0.29, 0.717) is 17.2 Å². The van der Waals surface area contributed by atoms with Gasteiger partial charge in [-0.25, -0.2) is 18.1 Å². The van der Waals surface area contributed by atoms with E-state index in [0.717, 1.165) is 31.4 Å². The van der Waals surface area contributed by atoms with Gasteiger partial charge in [-0.2, -0.15) is 0 Å². The zero-order chi connectivity index (χ0) is 20.3. The Balaban J connectivity index is 1.93. The Morgan fingerprint density at radius 3 is 2.79 bits per heavy atom. The highest BCUT2D eigenvalue weighted by molar-refractivity contribution is 7.89. The number of fused-ring (bicyclic) bond motifs is 1. The SMILES string of the molecule is C=CCN(C(=O)c1cccc(S(=O)(=O)NC(C)C)c1)c1nc2c(s1)CCCC2. The van der Waals surface area contributed by atoms with Gasteiger partial charge in [-0.3, -0.25) is 9.69 Å². The van der Waals surface area contributed by atoms with Gasteiger partial charge in [0.15, 0.2) is 5.13 Å². The molecule has 1 aliphatic rings. The number of hydrogen-bond donors (Lipinski definition) is 1. The van der Waals surface area contributed by atoms with Crippen molar-refractivity contribution in [3.63, 3.8) is 0 Å². The van der Waals surface area contributed by atoms with Gasteiger partial charge in [0.25, 0.3) is 5.91 Å². The van der Waals surface area contributed by atoms with Gasteiger partial charge in [-0.15, -0.1) is 17.9 Å². The van der Waals surface area contributed by atoms with Crippen molar-refractivity contribution in [1.29, 1.82) is 0 Å². The van der Waals surface area contributed by atoms with Gasteiger partial charge in [0.2, 0.25) is 10.0 Å². The normalized spacial score (nSPS) is 14.0. The van der Waals surface area contributed by atoms with Crippen LogP contribution in [-0.2, 0) is 22.9 Å². The average molecular weight is 420 g/mol. The highest BCUT2D eigenvalue weighted by Crippen LogP contribution is 2.32. The summed E-state index contributed by atoms with van der Waals surface area (Å²) in [5, 5.41) is 0.644. The molecule has 1 aromatic carbocycles. The minimum absolute atomic E-state index is 0.0732. The number of aryl methyl sites for hydroxylation is 2. The molecule has 150 valence electrons. The quantitative estimate of drug-likeness (QED) is 0.696. The standard InChI is InChI=1S/C20H25N3O3S2/c1-4-12-23(20-21-17-10-5-6-11-18(17)27-20)19(24)15-8-7-9-16(13-15)28(25,26)22-14(2)3/h4,7-9,13-14,22H,1,5-6,10-12H2,2-3H3. The fourth-order valence-corrected chi connectivity index (χ4v) is 5.61. The van der Waals surface area contributed by atoms with Gasteiger partial charge in [-0.05, 0) is 57.7 Å². The number of carbonyl (C=O) groups excluding carboxylic acids is 1. The fraction of sp³-hybridized carbons (Fsp3) is 0.400. The van der Waals surface area contributed by atoms with E-state index in [1.54, 1.807) is 48.3 Å². The van der Waals surface area contributed by atoms with Gasteiger partial charge in [-0.1, -0.05) is 12.1 Å². The van der Waals surface area contributed by atoms with Gasteiger partial charge in [0, 0.05) is 23.0 Å². The highest BCUT2D eigenvalue weighted by atomic mass is 32.2. The number of rotatable bonds is 7. The van der Waals surface area contributed by atoms with Crippen LogP contribution in [0.4, 0.5) is 5.13 Å². The van der Waals surface area contributed by atoms with Crippen LogP contribution in [0.5, 0.6) is 0 Å². The maximum absolute atomic E-state index is 13.2. The summed E-state index contributed by atoms with van der Waals surface area (Å²) >= 11 is 1.54. The minimum atomic E-state index is -3.67. The van der Waals surface area contributed by atoms with Crippen LogP contribution in [0.1, 0.15) is 47.6 Å². The van der Waals surface area contributed by atoms with Crippen molar-refractivity contribution >= 4 is 32.4 Å². The number of anilines is 1. The van der Waals surface area contributed by atoms with E-state index in [4.69, 9.17) is 0 Å². The third kappa shape index (κ3) is 4.51. The van der Waals surface area contributed by atoms with E-state index in [-0.39, 0.29) is 16.8 Å². The van der Waals surface area contributed by atoms with E-state index in [1.807, 2.05) is 0 Å². The molecule has 1 aromatic heterocycles. The summed E-state index contributed by atoms with van der Waals surface area (Å²) in [5.41, 5.74) is 1.38. The molecule has 0 bridgehead atoms. The maximum atomic E-state index is 13.2. The number of thiazole rings is 1. The van der Waals surface area contributed by atoms with Crippen LogP contribution in [0, 0.1) is 0 Å². The molecule has 0 aliphatic heterocycles. The molecule has 0 spiro atoms. The highest BCUT2D eigenvalue weighted by Gasteiger charge is 2.25. The summed E-state index contributed by atoms with van der Waals surface area (Å²) in [6, 6.07) is 5.88. The smallest absolute Gasteiger partial charge is 0.260 e. The summed E-state index contributed by atoms with van der Waals surface area (Å²) in [6.45, 7) is 7.57. The first-order valence-corrected chi connectivity index (χ1v) is 11.7. The van der Waals surface area contributed by atoms with E-state index >= 15 is 0 Å². The van der Waals surface area contributed by atoms with Crippen molar-refractivity contribution in [2.24, 2.45) is 0 Å². The molecular weight excluding hydrogens is 394 g/mol. The Morgan fingerprint density at radius 1 is 1.36 bits per heavy atom. The van der Waals surface area contributed by atoms with E-state index < -0.39 is 10.0 Å². The number of aromatic nitrogens is 1. The Bertz CT molecular complexity index is 957. The molecule has 2 aromatic rings. The monoisotopic (exact) mass is 419 g/mol. The van der Waals surface area contributed by atoms with Crippen molar-refractivity contribution in [3.05, 3.63) is 53.1 Å². The van der Waals surface area contributed by atoms with Gasteiger partial charge in [0.1, 0.15) is 0 Å². The van der Waals surface area contributed by atoms with E-state index in [1.165, 1.54) is 17.0 Å². The first kappa shape index (κ1) is 20.7. The van der Waals surface area contributed by atoms with Crippen molar-refractivity contribution in [2.45, 2.75) is 50.5 Å². The Labute approximate surface area is 170 Å². The zero-order valence-electron chi connectivity index (χ0n) is 16.1. The molecule has 1 aliphatic carbocycles. The zero-order valence-corrected chi connectivity index (χ0v) is 17.8. The summed E-state index contributed by atoms with van der Waals surface area (Å²) < 4.78 is 27.4. The van der Waals surface area contributed by atoms with Crippen molar-refractivity contribution < 1.29 is 13.2 Å². The lowest BCUT2D eigenvalue weighted by atomic mass is 10.0. The summed E-state index contributed by atoms with van der Waals surface area (Å²) in [7, 11) is -3.67. The molecular formula is C20H25N3O3S2. The van der Waals surface area contributed by atoms with Crippen molar-refractivity contribution in [3.8, 4) is 0 Å². The van der Waals surface area contributed by atoms with Crippen molar-refractivity contribution in [1.82, 2.24) is 9.71 Å². The summed E-state index contributed by atoms with van der Waals surface area (Å²) in [6.07, 6.45) is 5.86. The molecule has 0 fully saturated rings. The molecule has 8 heteroatoms. The molecule has 0 unspecified atom stereocenters. The first-order chi connectivity index (χ1) is 13.3. The lowest BCUT2D eigenvalue weighted by Crippen LogP contribution is -2.32. The predicted octanol–water partition coefficient (Wildman–Crippen LogP) is 3.54. The van der Waals surface area contributed by atoms with Gasteiger partial charge < -0.3 is 0 Å². The lowest BCUT2D eigenvalue weighted by Gasteiger charge is -2.18. The Kier molecular flexibility index (Phi) is 6.32. The maximum Gasteiger partial charge on any atom is 0.260 e. The molecule has 1 amide bonds. The predicted molar refractivity (Wildman–Crippen MR) is 113 cm³/mol. The third-order valence-corrected chi connectivity index (χ3v) is 7.24. The minimum Gasteiger partial charge on any atom is -0.280 e. The van der Waals surface area contributed by atoms with Crippen LogP contribution in [-0.4, -0.2) is 31.9 Å². The van der Waals surface area contributed by atoms with Crippen LogP contribution in [0.15, 0.2) is 41.8 Å². The van der Waals surface area contributed by atoms with Gasteiger partial charge in [0.05, 0.1) is 10.6 Å². The number of carbonyl (C=O) groups is 1. The van der Waals surface area contributed by atoms with E-state index in [2.05, 4.69) is 16.3 Å². The number of nitrogens with one attached hydrogen (secondary N) is 1. The summed E-state index contributed by atoms with van der Waals surface area (Å²) in [4.78, 5) is 20.7. The number of hydrogen-bond acceptors (Lipinski definition) is 5. The second kappa shape index (κ2) is 8.55. The molecule has 0 radical (unpaired) electrons. The molecule has 0 saturated heterocycles. The molecule has 1 N–H and O–H groups in total. The van der Waals surface area contributed by atoms with Crippen LogP contribution < -0.4 is 9.62 Å². The van der Waals surface area contributed by atoms with Gasteiger partial charge >= 0.3 is 0 Å². The summed E-state index contributed by atoms with van der Waals surface area (Å²) in [5.74, 6) is -0.285. The number of amides is 1. The third-order valence-electron chi connectivity index (χ3n) is 4.40. The van der Waals surface area contributed by atoms with Crippen LogP contribution in [0.25, 0.3) is 0 Å².